The zero-order valence-electron chi connectivity index (χ0n) is 12.4. The molecule has 0 saturated carbocycles. The first kappa shape index (κ1) is 13.9. The number of unbranched alkanes of at least 4 members (excludes halogenated alkanes) is 1. The Kier molecular flexibility index (Phi) is 4.79. The molecule has 100 valence electrons. The molecule has 0 amide bonds. The molecule has 0 aliphatic carbocycles. The Bertz CT molecular complexity index is 576. The van der Waals surface area contributed by atoms with Crippen molar-refractivity contribution in [2.24, 2.45) is 0 Å². The quantitative estimate of drug-likeness (QED) is 0.600. The molecule has 0 N–H and O–H groups in total. The summed E-state index contributed by atoms with van der Waals surface area (Å²) in [6.07, 6.45) is 7.22. The third-order valence-electron chi connectivity index (χ3n) is 3.66. The van der Waals surface area contributed by atoms with Gasteiger partial charge in [-0.05, 0) is 47.2 Å². The molecule has 0 saturated heterocycles. The van der Waals surface area contributed by atoms with Gasteiger partial charge in [-0.15, -0.1) is 0 Å². The van der Waals surface area contributed by atoms with Crippen molar-refractivity contribution in [3.05, 3.63) is 53.6 Å². The van der Waals surface area contributed by atoms with E-state index in [0.717, 1.165) is 0 Å². The van der Waals surface area contributed by atoms with Gasteiger partial charge in [-0.25, -0.2) is 0 Å². The minimum atomic E-state index is 1.18. The first-order valence-corrected chi connectivity index (χ1v) is 7.45. The summed E-state index contributed by atoms with van der Waals surface area (Å²) in [5.74, 6) is 0. The molecule has 0 aliphatic heterocycles. The normalized spacial score (nSPS) is 12.1. The molecular formula is C19H24. The smallest absolute Gasteiger partial charge is 0.0106 e. The molecule has 2 aromatic rings. The lowest BCUT2D eigenvalue weighted by Crippen LogP contribution is -1.92. The van der Waals surface area contributed by atoms with Crippen molar-refractivity contribution < 1.29 is 0 Å². The van der Waals surface area contributed by atoms with E-state index in [0.29, 0.717) is 0 Å². The fourth-order valence-corrected chi connectivity index (χ4v) is 2.72. The summed E-state index contributed by atoms with van der Waals surface area (Å²) < 4.78 is 0. The van der Waals surface area contributed by atoms with Crippen LogP contribution in [0.4, 0.5) is 0 Å². The van der Waals surface area contributed by atoms with Crippen molar-refractivity contribution in [2.45, 2.75) is 46.5 Å². The van der Waals surface area contributed by atoms with Gasteiger partial charge < -0.3 is 0 Å². The van der Waals surface area contributed by atoms with Crippen molar-refractivity contribution >= 4 is 16.3 Å². The van der Waals surface area contributed by atoms with Crippen LogP contribution in [0.15, 0.2) is 42.5 Å². The highest BCUT2D eigenvalue weighted by Gasteiger charge is 2.08. The molecule has 2 rings (SSSR count). The molecule has 0 atom stereocenters. The summed E-state index contributed by atoms with van der Waals surface area (Å²) in [6.45, 7) is 6.74. The van der Waals surface area contributed by atoms with Crippen LogP contribution in [0.25, 0.3) is 16.3 Å². The Hall–Kier alpha value is -1.56. The van der Waals surface area contributed by atoms with Crippen LogP contribution >= 0.6 is 0 Å². The summed E-state index contributed by atoms with van der Waals surface area (Å²) in [5.41, 5.74) is 4.39. The Morgan fingerprint density at radius 2 is 1.79 bits per heavy atom. The molecule has 0 heterocycles. The first-order valence-electron chi connectivity index (χ1n) is 7.45. The minimum Gasteiger partial charge on any atom is -0.0807 e. The van der Waals surface area contributed by atoms with Crippen molar-refractivity contribution in [2.75, 3.05) is 0 Å². The molecule has 2 aromatic carbocycles. The Morgan fingerprint density at radius 1 is 1.00 bits per heavy atom. The Labute approximate surface area is 117 Å². The van der Waals surface area contributed by atoms with Gasteiger partial charge in [0, 0.05) is 0 Å². The molecule has 0 spiro atoms. The lowest BCUT2D eigenvalue weighted by molar-refractivity contribution is 0.933. The second-order valence-corrected chi connectivity index (χ2v) is 5.25. The van der Waals surface area contributed by atoms with Gasteiger partial charge in [-0.2, -0.15) is 0 Å². The van der Waals surface area contributed by atoms with Gasteiger partial charge >= 0.3 is 0 Å². The van der Waals surface area contributed by atoms with Gasteiger partial charge in [-0.3, -0.25) is 0 Å². The summed E-state index contributed by atoms with van der Waals surface area (Å²) in [5, 5.41) is 2.75. The van der Waals surface area contributed by atoms with E-state index in [4.69, 9.17) is 0 Å². The van der Waals surface area contributed by atoms with Gasteiger partial charge in [0.1, 0.15) is 0 Å². The molecule has 0 fully saturated rings. The van der Waals surface area contributed by atoms with Gasteiger partial charge in [-0.1, -0.05) is 69.2 Å². The monoisotopic (exact) mass is 252 g/mol. The molecule has 19 heavy (non-hydrogen) atoms. The second-order valence-electron chi connectivity index (χ2n) is 5.25. The number of aryl methyl sites for hydroxylation is 1. The molecular weight excluding hydrogens is 228 g/mol. The second kappa shape index (κ2) is 6.56. The van der Waals surface area contributed by atoms with Crippen LogP contribution in [0.2, 0.25) is 0 Å². The maximum atomic E-state index is 2.44. The summed E-state index contributed by atoms with van der Waals surface area (Å²) >= 11 is 0. The fourth-order valence-electron chi connectivity index (χ4n) is 2.72. The number of hydrogen-bond donors (Lipinski definition) is 0. The highest BCUT2D eigenvalue weighted by atomic mass is 14.1. The zero-order valence-corrected chi connectivity index (χ0v) is 12.4. The van der Waals surface area contributed by atoms with Crippen molar-refractivity contribution in [1.29, 1.82) is 0 Å². The molecule has 0 aliphatic rings. The average Bonchev–Trinajstić information content (AvgIpc) is 2.44. The Balaban J connectivity index is 2.60. The van der Waals surface area contributed by atoms with Gasteiger partial charge in [0.2, 0.25) is 0 Å². The van der Waals surface area contributed by atoms with Crippen LogP contribution in [0, 0.1) is 6.92 Å². The van der Waals surface area contributed by atoms with E-state index in [2.05, 4.69) is 63.2 Å². The molecule has 0 unspecified atom stereocenters. The highest BCUT2D eigenvalue weighted by Crippen LogP contribution is 2.31. The molecule has 0 heteroatoms. The Morgan fingerprint density at radius 3 is 2.53 bits per heavy atom. The average molecular weight is 252 g/mol. The van der Waals surface area contributed by atoms with E-state index in [1.807, 2.05) is 0 Å². The standard InChI is InChI=1S/C19H24/c1-4-6-10-17(9-5-2)19-15(3)13-14-16-11-7-8-12-18(16)19/h7-8,10-14H,4-6,9H2,1-3H3/b17-10+. The van der Waals surface area contributed by atoms with Crippen LogP contribution in [0.3, 0.4) is 0 Å². The van der Waals surface area contributed by atoms with Crippen LogP contribution in [-0.2, 0) is 0 Å². The predicted octanol–water partition coefficient (Wildman–Crippen LogP) is 6.13. The zero-order chi connectivity index (χ0) is 13.7. The summed E-state index contributed by atoms with van der Waals surface area (Å²) in [6, 6.07) is 13.2. The number of allylic oxidation sites excluding steroid dienone is 2. The summed E-state index contributed by atoms with van der Waals surface area (Å²) in [7, 11) is 0. The van der Waals surface area contributed by atoms with Crippen LogP contribution < -0.4 is 0 Å². The van der Waals surface area contributed by atoms with E-state index in [-0.39, 0.29) is 0 Å². The van der Waals surface area contributed by atoms with Crippen LogP contribution in [0.1, 0.15) is 50.7 Å². The number of hydrogen-bond acceptors (Lipinski definition) is 0. The molecule has 0 bridgehead atoms. The van der Waals surface area contributed by atoms with Crippen molar-refractivity contribution in [1.82, 2.24) is 0 Å². The first-order chi connectivity index (χ1) is 9.27. The van der Waals surface area contributed by atoms with Crippen molar-refractivity contribution in [3.8, 4) is 0 Å². The summed E-state index contributed by atoms with van der Waals surface area (Å²) in [4.78, 5) is 0. The highest BCUT2D eigenvalue weighted by molar-refractivity contribution is 5.95. The topological polar surface area (TPSA) is 0 Å². The predicted molar refractivity (Wildman–Crippen MR) is 86.5 cm³/mol. The largest absolute Gasteiger partial charge is 0.0807 e. The lowest BCUT2D eigenvalue weighted by atomic mass is 9.91. The van der Waals surface area contributed by atoms with E-state index in [1.165, 1.54) is 53.2 Å². The van der Waals surface area contributed by atoms with E-state index in [1.54, 1.807) is 0 Å². The number of rotatable bonds is 5. The third kappa shape index (κ3) is 3.07. The van der Waals surface area contributed by atoms with Gasteiger partial charge in [0.15, 0.2) is 0 Å². The maximum absolute atomic E-state index is 2.44. The molecule has 0 aromatic heterocycles. The van der Waals surface area contributed by atoms with Gasteiger partial charge in [0.25, 0.3) is 0 Å². The van der Waals surface area contributed by atoms with Crippen LogP contribution in [0.5, 0.6) is 0 Å². The van der Waals surface area contributed by atoms with E-state index < -0.39 is 0 Å². The maximum Gasteiger partial charge on any atom is -0.0106 e. The van der Waals surface area contributed by atoms with Gasteiger partial charge in [0.05, 0.1) is 0 Å². The lowest BCUT2D eigenvalue weighted by Gasteiger charge is -2.14. The van der Waals surface area contributed by atoms with E-state index >= 15 is 0 Å². The number of fused-ring (bicyclic) bond motifs is 1. The van der Waals surface area contributed by atoms with E-state index in [9.17, 15) is 0 Å². The van der Waals surface area contributed by atoms with Crippen molar-refractivity contribution in [3.63, 3.8) is 0 Å². The number of benzene rings is 2. The molecule has 0 radical (unpaired) electrons. The minimum absolute atomic E-state index is 1.18. The SMILES string of the molecule is CCC/C=C(\CCC)c1c(C)ccc2ccccc12. The fraction of sp³-hybridized carbons (Fsp3) is 0.368. The third-order valence-corrected chi connectivity index (χ3v) is 3.66. The molecule has 0 nitrogen and oxygen atoms in total. The van der Waals surface area contributed by atoms with Crippen LogP contribution in [-0.4, -0.2) is 0 Å².